The highest BCUT2D eigenvalue weighted by Gasteiger charge is 2.28. The van der Waals surface area contributed by atoms with Gasteiger partial charge in [0.25, 0.3) is 5.91 Å². The first-order valence-electron chi connectivity index (χ1n) is 13.4. The summed E-state index contributed by atoms with van der Waals surface area (Å²) in [6.45, 7) is 10.4. The average Bonchev–Trinajstić information content (AvgIpc) is 3.35. The fraction of sp³-hybridized carbons (Fsp3) is 0.500. The lowest BCUT2D eigenvalue weighted by Gasteiger charge is -2.37. The van der Waals surface area contributed by atoms with Gasteiger partial charge in [0.05, 0.1) is 48.5 Å². The zero-order chi connectivity index (χ0) is 27.6. The lowest BCUT2D eigenvalue weighted by atomic mass is 10.1. The summed E-state index contributed by atoms with van der Waals surface area (Å²) in [5.74, 6) is 0.368. The van der Waals surface area contributed by atoms with Gasteiger partial charge in [0.1, 0.15) is 0 Å². The predicted octanol–water partition coefficient (Wildman–Crippen LogP) is 3.25. The standard InChI is InChI=1S/C28H37N7O4/c1-18-13-29-26(33-24(18)19-5-7-20(8-6-19)25(36)31-22-16-38-17-22)32-21-14-30-35(15-21)23-9-11-34(12-10-23)27(37)39-28(2,3)4/h5-8,13-15,22-23,27,37H,9-12,16-17H2,1-4H3,(H,31,36)(H,29,32,33). The molecule has 0 saturated carbocycles. The number of hydrogen-bond acceptors (Lipinski definition) is 9. The largest absolute Gasteiger partial charge is 0.377 e. The number of hydrogen-bond donors (Lipinski definition) is 3. The number of aromatic nitrogens is 4. The van der Waals surface area contributed by atoms with E-state index in [1.807, 2.05) is 67.7 Å². The Balaban J connectivity index is 1.20. The molecule has 0 spiro atoms. The number of likely N-dealkylation sites (tertiary alicyclic amines) is 1. The van der Waals surface area contributed by atoms with Crippen molar-refractivity contribution in [3.8, 4) is 11.3 Å². The van der Waals surface area contributed by atoms with Gasteiger partial charge in [0.2, 0.25) is 12.4 Å². The summed E-state index contributed by atoms with van der Waals surface area (Å²) in [4.78, 5) is 23.5. The Morgan fingerprint density at radius 1 is 1.15 bits per heavy atom. The fourth-order valence-electron chi connectivity index (χ4n) is 4.66. The molecule has 11 heteroatoms. The molecule has 208 valence electrons. The van der Waals surface area contributed by atoms with Crippen molar-refractivity contribution < 1.29 is 19.4 Å². The van der Waals surface area contributed by atoms with Crippen molar-refractivity contribution >= 4 is 17.5 Å². The SMILES string of the molecule is Cc1cnc(Nc2cnn(C3CCN(C(O)OC(C)(C)C)CC3)c2)nc1-c1ccc(C(=O)NC2COC2)cc1. The van der Waals surface area contributed by atoms with E-state index in [2.05, 4.69) is 20.7 Å². The minimum atomic E-state index is -0.899. The van der Waals surface area contributed by atoms with Gasteiger partial charge >= 0.3 is 0 Å². The number of aliphatic hydroxyl groups excluding tert-OH is 1. The number of rotatable bonds is 8. The minimum Gasteiger partial charge on any atom is -0.377 e. The van der Waals surface area contributed by atoms with E-state index < -0.39 is 12.0 Å². The van der Waals surface area contributed by atoms with Gasteiger partial charge in [0.15, 0.2) is 0 Å². The van der Waals surface area contributed by atoms with Gasteiger partial charge < -0.3 is 25.2 Å². The molecule has 1 unspecified atom stereocenters. The zero-order valence-corrected chi connectivity index (χ0v) is 22.9. The first-order chi connectivity index (χ1) is 18.6. The molecule has 5 rings (SSSR count). The molecular weight excluding hydrogens is 498 g/mol. The number of amides is 1. The number of ether oxygens (including phenoxy) is 2. The monoisotopic (exact) mass is 535 g/mol. The highest BCUT2D eigenvalue weighted by Crippen LogP contribution is 2.27. The third-order valence-corrected chi connectivity index (χ3v) is 6.87. The van der Waals surface area contributed by atoms with Crippen LogP contribution in [0.3, 0.4) is 0 Å². The van der Waals surface area contributed by atoms with Crippen LogP contribution in [-0.4, -0.2) is 80.0 Å². The lowest BCUT2D eigenvalue weighted by molar-refractivity contribution is -0.243. The van der Waals surface area contributed by atoms with Gasteiger partial charge in [-0.05, 0) is 58.2 Å². The number of carbonyl (C=O) groups excluding carboxylic acids is 1. The molecule has 3 aromatic rings. The molecule has 4 heterocycles. The van der Waals surface area contributed by atoms with Crippen LogP contribution in [0.4, 0.5) is 11.6 Å². The van der Waals surface area contributed by atoms with Crippen molar-refractivity contribution in [1.82, 2.24) is 30.0 Å². The molecule has 1 aromatic carbocycles. The van der Waals surface area contributed by atoms with Crippen LogP contribution in [0.2, 0.25) is 0 Å². The number of nitrogens with one attached hydrogen (secondary N) is 2. The van der Waals surface area contributed by atoms with Gasteiger partial charge in [0, 0.05) is 36.6 Å². The Labute approximate surface area is 228 Å². The minimum absolute atomic E-state index is 0.0908. The molecule has 11 nitrogen and oxygen atoms in total. The van der Waals surface area contributed by atoms with E-state index in [1.54, 1.807) is 12.4 Å². The van der Waals surface area contributed by atoms with Crippen LogP contribution in [0.15, 0.2) is 42.9 Å². The van der Waals surface area contributed by atoms with Crippen molar-refractivity contribution in [2.75, 3.05) is 31.6 Å². The van der Waals surface area contributed by atoms with E-state index >= 15 is 0 Å². The van der Waals surface area contributed by atoms with Crippen LogP contribution in [0.5, 0.6) is 0 Å². The number of carbonyl (C=O) groups is 1. The summed E-state index contributed by atoms with van der Waals surface area (Å²) >= 11 is 0. The number of benzene rings is 1. The maximum Gasteiger partial charge on any atom is 0.251 e. The molecule has 2 aliphatic heterocycles. The van der Waals surface area contributed by atoms with E-state index in [4.69, 9.17) is 14.5 Å². The number of nitrogens with zero attached hydrogens (tertiary/aromatic N) is 5. The molecule has 1 amide bonds. The van der Waals surface area contributed by atoms with Gasteiger partial charge in [-0.15, -0.1) is 0 Å². The number of aliphatic hydroxyl groups is 1. The molecule has 1 atom stereocenters. The summed E-state index contributed by atoms with van der Waals surface area (Å²) in [5, 5.41) is 21.2. The first-order valence-corrected chi connectivity index (χ1v) is 13.4. The Morgan fingerprint density at radius 3 is 2.51 bits per heavy atom. The third kappa shape index (κ3) is 6.80. The molecule has 0 aliphatic carbocycles. The Kier molecular flexibility index (Phi) is 7.94. The molecular formula is C28H37N7O4. The fourth-order valence-corrected chi connectivity index (χ4v) is 4.66. The average molecular weight is 536 g/mol. The van der Waals surface area contributed by atoms with Crippen molar-refractivity contribution in [3.05, 3.63) is 54.0 Å². The molecule has 0 bridgehead atoms. The molecule has 39 heavy (non-hydrogen) atoms. The second-order valence-corrected chi connectivity index (χ2v) is 11.2. The van der Waals surface area contributed by atoms with Crippen LogP contribution in [0.1, 0.15) is 55.6 Å². The van der Waals surface area contributed by atoms with Gasteiger partial charge in [-0.2, -0.15) is 5.10 Å². The van der Waals surface area contributed by atoms with E-state index in [-0.39, 0.29) is 18.0 Å². The summed E-state index contributed by atoms with van der Waals surface area (Å²) in [6, 6.07) is 7.75. The van der Waals surface area contributed by atoms with Crippen molar-refractivity contribution in [2.24, 2.45) is 0 Å². The summed E-state index contributed by atoms with van der Waals surface area (Å²) in [7, 11) is 0. The Morgan fingerprint density at radius 2 is 1.87 bits per heavy atom. The molecule has 2 saturated heterocycles. The maximum atomic E-state index is 12.4. The van der Waals surface area contributed by atoms with E-state index in [9.17, 15) is 9.90 Å². The van der Waals surface area contributed by atoms with Crippen LogP contribution >= 0.6 is 0 Å². The molecule has 2 aliphatic rings. The lowest BCUT2D eigenvalue weighted by Crippen LogP contribution is -2.48. The van der Waals surface area contributed by atoms with Gasteiger partial charge in [-0.25, -0.2) is 9.97 Å². The quantitative estimate of drug-likeness (QED) is 0.373. The molecule has 2 fully saturated rings. The van der Waals surface area contributed by atoms with Crippen molar-refractivity contribution in [1.29, 1.82) is 0 Å². The van der Waals surface area contributed by atoms with Crippen LogP contribution in [0.25, 0.3) is 11.3 Å². The smallest absolute Gasteiger partial charge is 0.251 e. The zero-order valence-electron chi connectivity index (χ0n) is 22.9. The third-order valence-electron chi connectivity index (χ3n) is 6.87. The number of anilines is 2. The summed E-state index contributed by atoms with van der Waals surface area (Å²) in [6.07, 6.45) is 6.34. The van der Waals surface area contributed by atoms with Crippen molar-refractivity contribution in [3.63, 3.8) is 0 Å². The van der Waals surface area contributed by atoms with Crippen molar-refractivity contribution in [2.45, 2.75) is 64.6 Å². The Bertz CT molecular complexity index is 1280. The first kappa shape index (κ1) is 27.2. The van der Waals surface area contributed by atoms with E-state index in [0.29, 0.717) is 24.7 Å². The van der Waals surface area contributed by atoms with Gasteiger partial charge in [-0.1, -0.05) is 12.1 Å². The highest BCUT2D eigenvalue weighted by atomic mass is 16.6. The summed E-state index contributed by atoms with van der Waals surface area (Å²) < 4.78 is 12.8. The molecule has 0 radical (unpaired) electrons. The normalized spacial score (nSPS) is 18.0. The Hall–Kier alpha value is -3.38. The predicted molar refractivity (Wildman–Crippen MR) is 146 cm³/mol. The van der Waals surface area contributed by atoms with E-state index in [0.717, 1.165) is 48.4 Å². The van der Waals surface area contributed by atoms with Crippen LogP contribution in [-0.2, 0) is 9.47 Å². The van der Waals surface area contributed by atoms with Gasteiger partial charge in [-0.3, -0.25) is 14.4 Å². The van der Waals surface area contributed by atoms with E-state index in [1.165, 1.54) is 0 Å². The van der Waals surface area contributed by atoms with Crippen LogP contribution in [0, 0.1) is 6.92 Å². The number of aryl methyl sites for hydroxylation is 1. The second-order valence-electron chi connectivity index (χ2n) is 11.2. The number of piperidine rings is 1. The molecule has 2 aromatic heterocycles. The van der Waals surface area contributed by atoms with Crippen LogP contribution < -0.4 is 10.6 Å². The second kappa shape index (κ2) is 11.4. The maximum absolute atomic E-state index is 12.4. The topological polar surface area (TPSA) is 127 Å². The molecule has 3 N–H and O–H groups in total. The highest BCUT2D eigenvalue weighted by molar-refractivity contribution is 5.95. The summed E-state index contributed by atoms with van der Waals surface area (Å²) in [5.41, 5.74) is 3.64.